The van der Waals surface area contributed by atoms with Crippen LogP contribution in [0.15, 0.2) is 0 Å². The zero-order valence-corrected chi connectivity index (χ0v) is 13.6. The number of guanidine groups is 1. The Kier molecular flexibility index (Phi) is 9.94. The molecule has 0 spiro atoms. The van der Waals surface area contributed by atoms with Gasteiger partial charge in [-0.3, -0.25) is 14.4 Å². The van der Waals surface area contributed by atoms with Crippen molar-refractivity contribution in [1.29, 1.82) is 21.0 Å². The molecule has 0 aromatic heterocycles. The number of nitrogens with zero attached hydrogens (tertiary/aromatic N) is 7. The van der Waals surface area contributed by atoms with E-state index in [9.17, 15) is 0 Å². The van der Waals surface area contributed by atoms with Gasteiger partial charge in [-0.2, -0.15) is 0 Å². The fourth-order valence-electron chi connectivity index (χ4n) is 1.65. The SMILES string of the molecule is CCN(CC)C(N(C)C)=[N+](C)C.N#C[B-](C#N)(C#N)C#N. The first-order chi connectivity index (χ1) is 9.78. The second-order valence-electron chi connectivity index (χ2n) is 4.64. The molecule has 0 aliphatic heterocycles. The lowest BCUT2D eigenvalue weighted by Gasteiger charge is -2.22. The van der Waals surface area contributed by atoms with E-state index in [1.54, 1.807) is 0 Å². The average molecular weight is 287 g/mol. The Morgan fingerprint density at radius 2 is 1.24 bits per heavy atom. The molecule has 0 saturated heterocycles. The molecule has 0 radical (unpaired) electrons. The molecule has 0 aromatic carbocycles. The smallest absolute Gasteiger partial charge is 0.270 e. The minimum atomic E-state index is -2.72. The first-order valence-electron chi connectivity index (χ1n) is 6.56. The van der Waals surface area contributed by atoms with E-state index in [-0.39, 0.29) is 0 Å². The van der Waals surface area contributed by atoms with Gasteiger partial charge in [0.05, 0.1) is 41.3 Å². The van der Waals surface area contributed by atoms with Gasteiger partial charge < -0.3 is 0 Å². The summed E-state index contributed by atoms with van der Waals surface area (Å²) in [7, 11) is 8.31. The molecule has 0 atom stereocenters. The Morgan fingerprint density at radius 1 is 0.905 bits per heavy atom. The molecule has 7 nitrogen and oxygen atoms in total. The van der Waals surface area contributed by atoms with Crippen molar-refractivity contribution in [3.63, 3.8) is 0 Å². The number of nitriles is 4. The molecule has 8 heteroatoms. The lowest BCUT2D eigenvalue weighted by atomic mass is 9.30. The molecule has 0 amide bonds. The van der Waals surface area contributed by atoms with E-state index >= 15 is 0 Å². The maximum Gasteiger partial charge on any atom is 0.383 e. The standard InChI is InChI=1S/C9H22N3.C4BN4/c1-7-12(8-2)9(10(3)4)11(5)6;6-1-5(2-7,3-8)4-9/h7-8H2,1-6H3;/q+1;-1. The molecule has 0 aromatic rings. The van der Waals surface area contributed by atoms with Crippen LogP contribution in [0.5, 0.6) is 0 Å². The third kappa shape index (κ3) is 6.32. The monoisotopic (exact) mass is 287 g/mol. The van der Waals surface area contributed by atoms with Gasteiger partial charge in [-0.25, -0.2) is 21.0 Å². The summed E-state index contributed by atoms with van der Waals surface area (Å²) in [6.07, 6.45) is -2.72. The zero-order chi connectivity index (χ0) is 17.1. The zero-order valence-electron chi connectivity index (χ0n) is 13.6. The van der Waals surface area contributed by atoms with Gasteiger partial charge >= 0.3 is 12.1 Å². The van der Waals surface area contributed by atoms with E-state index in [0.29, 0.717) is 0 Å². The highest BCUT2D eigenvalue weighted by Gasteiger charge is 2.22. The van der Waals surface area contributed by atoms with Crippen LogP contribution in [0, 0.1) is 44.9 Å². The highest BCUT2D eigenvalue weighted by atomic mass is 15.4. The summed E-state index contributed by atoms with van der Waals surface area (Å²) in [6, 6.07) is 0. The van der Waals surface area contributed by atoms with Crippen molar-refractivity contribution < 1.29 is 4.58 Å². The van der Waals surface area contributed by atoms with Crippen LogP contribution in [-0.4, -0.2) is 67.8 Å². The minimum absolute atomic E-state index is 1.06. The third-order valence-electron chi connectivity index (χ3n) is 2.62. The normalized spacial score (nSPS) is 8.67. The van der Waals surface area contributed by atoms with E-state index in [1.807, 2.05) is 0 Å². The van der Waals surface area contributed by atoms with Crippen LogP contribution in [-0.2, 0) is 0 Å². The summed E-state index contributed by atoms with van der Waals surface area (Å²) in [6.45, 7) is 6.47. The summed E-state index contributed by atoms with van der Waals surface area (Å²) in [5.74, 6) is 6.64. The Morgan fingerprint density at radius 3 is 1.29 bits per heavy atom. The van der Waals surface area contributed by atoms with E-state index < -0.39 is 6.15 Å². The van der Waals surface area contributed by atoms with E-state index in [4.69, 9.17) is 21.0 Å². The average Bonchev–Trinajstić information content (AvgIpc) is 2.47. The van der Waals surface area contributed by atoms with Crippen LogP contribution in [0.4, 0.5) is 0 Å². The fraction of sp³-hybridized carbons (Fsp3) is 0.615. The van der Waals surface area contributed by atoms with Gasteiger partial charge in [-0.1, -0.05) is 0 Å². The predicted octanol–water partition coefficient (Wildman–Crippen LogP) is 0.204. The Balaban J connectivity index is 0. The van der Waals surface area contributed by atoms with Crippen LogP contribution in [0.25, 0.3) is 0 Å². The molecule has 0 bridgehead atoms. The summed E-state index contributed by atoms with van der Waals surface area (Å²) < 4.78 is 2.15. The largest absolute Gasteiger partial charge is 0.383 e. The molecule has 21 heavy (non-hydrogen) atoms. The van der Waals surface area contributed by atoms with Gasteiger partial charge in [-0.15, -0.1) is 23.9 Å². The molecule has 0 unspecified atom stereocenters. The first-order valence-corrected chi connectivity index (χ1v) is 6.56. The van der Waals surface area contributed by atoms with Gasteiger partial charge in [0.15, 0.2) is 0 Å². The Hall–Kier alpha value is -2.71. The van der Waals surface area contributed by atoms with E-state index in [1.165, 1.54) is 29.8 Å². The predicted molar refractivity (Wildman–Crippen MR) is 81.9 cm³/mol. The molecule has 0 heterocycles. The first kappa shape index (κ1) is 20.6. The highest BCUT2D eigenvalue weighted by molar-refractivity contribution is 7.05. The van der Waals surface area contributed by atoms with Gasteiger partial charge in [0.1, 0.15) is 0 Å². The van der Waals surface area contributed by atoms with Crippen molar-refractivity contribution in [1.82, 2.24) is 9.80 Å². The van der Waals surface area contributed by atoms with Gasteiger partial charge in [-0.05, 0) is 13.8 Å². The Bertz CT molecular complexity index is 455. The molecule has 0 aliphatic carbocycles. The quantitative estimate of drug-likeness (QED) is 0.311. The molecule has 112 valence electrons. The third-order valence-corrected chi connectivity index (χ3v) is 2.62. The van der Waals surface area contributed by atoms with Crippen LogP contribution in [0.2, 0.25) is 0 Å². The fourth-order valence-corrected chi connectivity index (χ4v) is 1.65. The Labute approximate surface area is 127 Å². The number of rotatable bonds is 2. The van der Waals surface area contributed by atoms with Crippen LogP contribution in [0.1, 0.15) is 13.8 Å². The number of hydrogen-bond donors (Lipinski definition) is 0. The summed E-state index contributed by atoms with van der Waals surface area (Å²) >= 11 is 0. The van der Waals surface area contributed by atoms with Crippen molar-refractivity contribution in [2.45, 2.75) is 13.8 Å². The molecule has 0 saturated carbocycles. The molecule has 0 N–H and O–H groups in total. The maximum atomic E-state index is 8.09. The van der Waals surface area contributed by atoms with E-state index in [2.05, 4.69) is 56.4 Å². The van der Waals surface area contributed by atoms with Crippen molar-refractivity contribution in [2.75, 3.05) is 41.3 Å². The molecular formula is C13H22BN7. The van der Waals surface area contributed by atoms with Gasteiger partial charge in [0.2, 0.25) is 0 Å². The lowest BCUT2D eigenvalue weighted by molar-refractivity contribution is -0.475. The van der Waals surface area contributed by atoms with Gasteiger partial charge in [0.25, 0.3) is 0 Å². The van der Waals surface area contributed by atoms with Gasteiger partial charge in [0, 0.05) is 0 Å². The molecule has 0 fully saturated rings. The maximum absolute atomic E-state index is 8.09. The summed E-state index contributed by atoms with van der Waals surface area (Å²) in [5, 5.41) is 32.3. The minimum Gasteiger partial charge on any atom is -0.270 e. The molecule has 0 rings (SSSR count). The second-order valence-corrected chi connectivity index (χ2v) is 4.64. The summed E-state index contributed by atoms with van der Waals surface area (Å²) in [5.41, 5.74) is 0. The van der Waals surface area contributed by atoms with Crippen LogP contribution >= 0.6 is 0 Å². The van der Waals surface area contributed by atoms with Crippen molar-refractivity contribution in [2.24, 2.45) is 0 Å². The summed E-state index contributed by atoms with van der Waals surface area (Å²) in [4.78, 5) is 4.48. The number of hydrogen-bond acceptors (Lipinski definition) is 4. The highest BCUT2D eigenvalue weighted by Crippen LogP contribution is 1.93. The molecular weight excluding hydrogens is 265 g/mol. The lowest BCUT2D eigenvalue weighted by Crippen LogP contribution is -2.45. The van der Waals surface area contributed by atoms with Crippen molar-refractivity contribution >= 4 is 12.1 Å². The second kappa shape index (κ2) is 10.1. The topological polar surface area (TPSA) is 105 Å². The van der Waals surface area contributed by atoms with Crippen molar-refractivity contribution in [3.8, 4) is 23.9 Å². The van der Waals surface area contributed by atoms with Crippen molar-refractivity contribution in [3.05, 3.63) is 0 Å². The van der Waals surface area contributed by atoms with Crippen LogP contribution < -0.4 is 0 Å². The van der Waals surface area contributed by atoms with Crippen LogP contribution in [0.3, 0.4) is 0 Å². The molecule has 0 aliphatic rings. The van der Waals surface area contributed by atoms with E-state index in [0.717, 1.165) is 13.1 Å².